The van der Waals surface area contributed by atoms with Crippen LogP contribution in [0.15, 0.2) is 36.9 Å². The Balaban J connectivity index is 1.89. The molecule has 3 aliphatic heterocycles. The number of ether oxygens (including phenoxy) is 1. The zero-order valence-electron chi connectivity index (χ0n) is 20.3. The molecule has 4 rings (SSSR count). The van der Waals surface area contributed by atoms with Crippen LogP contribution in [0.2, 0.25) is 5.02 Å². The van der Waals surface area contributed by atoms with Crippen molar-refractivity contribution < 1.29 is 29.3 Å². The standard InChI is InChI=1S/C26H33ClN2O6/c1-5-13-28(17-10-8-7-9-16(17)27)23(32)21-26-12-11-25(4,35-26)20(24(33)34)19(26)22(31)29(21)18(14-30)15(3)6-2/h5,7-10,15,18-21,30H,1,6,11-14H2,2-4H3,(H,33,34)/t15-,18-,19-,20-,21?,25+,26?/m0/s1. The molecular weight excluding hydrogens is 472 g/mol. The Labute approximate surface area is 210 Å². The lowest BCUT2D eigenvalue weighted by Gasteiger charge is -2.41. The lowest BCUT2D eigenvalue weighted by Crippen LogP contribution is -2.60. The first-order valence-corrected chi connectivity index (χ1v) is 12.5. The molecule has 0 aromatic heterocycles. The van der Waals surface area contributed by atoms with Gasteiger partial charge < -0.3 is 24.7 Å². The van der Waals surface area contributed by atoms with Gasteiger partial charge in [0.25, 0.3) is 5.91 Å². The number of aliphatic hydroxyl groups excluding tert-OH is 1. The van der Waals surface area contributed by atoms with Gasteiger partial charge in [0, 0.05) is 6.54 Å². The number of carboxylic acid groups (broad SMARTS) is 1. The van der Waals surface area contributed by atoms with E-state index in [9.17, 15) is 24.6 Å². The summed E-state index contributed by atoms with van der Waals surface area (Å²) in [5.41, 5.74) is -1.88. The average Bonchev–Trinajstić information content (AvgIpc) is 3.39. The molecule has 3 saturated heterocycles. The summed E-state index contributed by atoms with van der Waals surface area (Å²) >= 11 is 6.45. The van der Waals surface area contributed by atoms with E-state index in [1.165, 1.54) is 9.80 Å². The molecule has 0 radical (unpaired) electrons. The van der Waals surface area contributed by atoms with Gasteiger partial charge in [-0.15, -0.1) is 6.58 Å². The fourth-order valence-electron chi connectivity index (χ4n) is 6.45. The number of anilines is 1. The number of rotatable bonds is 9. The smallest absolute Gasteiger partial charge is 0.310 e. The first-order valence-electron chi connectivity index (χ1n) is 12.1. The van der Waals surface area contributed by atoms with Crippen molar-refractivity contribution in [2.24, 2.45) is 17.8 Å². The molecule has 190 valence electrons. The summed E-state index contributed by atoms with van der Waals surface area (Å²) in [7, 11) is 0. The molecule has 3 heterocycles. The first kappa shape index (κ1) is 25.7. The van der Waals surface area contributed by atoms with Crippen molar-refractivity contribution in [3.8, 4) is 0 Å². The number of carbonyl (C=O) groups excluding carboxylic acids is 2. The molecular formula is C26H33ClN2O6. The number of benzene rings is 1. The maximum Gasteiger partial charge on any atom is 0.310 e. The van der Waals surface area contributed by atoms with Crippen LogP contribution in [0.4, 0.5) is 5.69 Å². The highest BCUT2D eigenvalue weighted by Crippen LogP contribution is 2.63. The highest BCUT2D eigenvalue weighted by molar-refractivity contribution is 6.34. The number of halogens is 1. The van der Waals surface area contributed by atoms with Crippen LogP contribution in [-0.2, 0) is 19.1 Å². The number of amides is 2. The van der Waals surface area contributed by atoms with Gasteiger partial charge in [-0.3, -0.25) is 14.4 Å². The van der Waals surface area contributed by atoms with Crippen molar-refractivity contribution in [2.45, 2.75) is 63.3 Å². The Hall–Kier alpha value is -2.42. The number of hydrogen-bond acceptors (Lipinski definition) is 5. The molecule has 2 bridgehead atoms. The third-order valence-electron chi connectivity index (χ3n) is 8.28. The van der Waals surface area contributed by atoms with Gasteiger partial charge in [0.05, 0.1) is 40.8 Å². The number of fused-ring (bicyclic) bond motifs is 1. The Bertz CT molecular complexity index is 1050. The number of para-hydroxylation sites is 1. The number of hydrogen-bond donors (Lipinski definition) is 2. The number of aliphatic hydroxyl groups is 1. The number of nitrogens with zero attached hydrogens (tertiary/aromatic N) is 2. The highest BCUT2D eigenvalue weighted by atomic mass is 35.5. The first-order chi connectivity index (χ1) is 16.6. The van der Waals surface area contributed by atoms with Gasteiger partial charge in [-0.1, -0.05) is 50.1 Å². The average molecular weight is 505 g/mol. The number of likely N-dealkylation sites (tertiary alicyclic amines) is 1. The minimum Gasteiger partial charge on any atom is -0.481 e. The topological polar surface area (TPSA) is 107 Å². The van der Waals surface area contributed by atoms with E-state index >= 15 is 0 Å². The zero-order valence-corrected chi connectivity index (χ0v) is 21.1. The Kier molecular flexibility index (Phi) is 6.76. The van der Waals surface area contributed by atoms with E-state index < -0.39 is 52.9 Å². The SMILES string of the molecule is C=CCN(C(=O)C1N([C@@H](CO)[C@@H](C)CC)C(=O)[C@@H]2[C@@H](C(=O)O)[C@@]3(C)CCC12O3)c1ccccc1Cl. The van der Waals surface area contributed by atoms with E-state index in [2.05, 4.69) is 6.58 Å². The van der Waals surface area contributed by atoms with Gasteiger partial charge in [-0.25, -0.2) is 0 Å². The van der Waals surface area contributed by atoms with Gasteiger partial charge in [0.15, 0.2) is 0 Å². The second kappa shape index (κ2) is 9.22. The molecule has 0 saturated carbocycles. The summed E-state index contributed by atoms with van der Waals surface area (Å²) in [5, 5.41) is 20.8. The zero-order chi connectivity index (χ0) is 25.7. The third kappa shape index (κ3) is 3.69. The van der Waals surface area contributed by atoms with Gasteiger partial charge in [-0.05, 0) is 37.8 Å². The predicted octanol–water partition coefficient (Wildman–Crippen LogP) is 3.12. The Morgan fingerprint density at radius 2 is 2.06 bits per heavy atom. The van der Waals surface area contributed by atoms with Gasteiger partial charge in [0.1, 0.15) is 11.6 Å². The molecule has 9 heteroatoms. The number of carboxylic acids is 1. The van der Waals surface area contributed by atoms with Crippen molar-refractivity contribution in [3.63, 3.8) is 0 Å². The molecule has 7 atom stereocenters. The van der Waals surface area contributed by atoms with Crippen molar-refractivity contribution in [2.75, 3.05) is 18.1 Å². The molecule has 1 aromatic carbocycles. The van der Waals surface area contributed by atoms with Crippen LogP contribution in [-0.4, -0.2) is 69.3 Å². The normalized spacial score (nSPS) is 32.9. The van der Waals surface area contributed by atoms with Gasteiger partial charge >= 0.3 is 5.97 Å². The summed E-state index contributed by atoms with van der Waals surface area (Å²) < 4.78 is 6.45. The summed E-state index contributed by atoms with van der Waals surface area (Å²) in [5.74, 6) is -4.20. The van der Waals surface area contributed by atoms with Crippen molar-refractivity contribution in [3.05, 3.63) is 41.9 Å². The maximum absolute atomic E-state index is 14.4. The van der Waals surface area contributed by atoms with Crippen LogP contribution in [0, 0.1) is 17.8 Å². The quantitative estimate of drug-likeness (QED) is 0.500. The van der Waals surface area contributed by atoms with E-state index in [0.717, 1.165) is 0 Å². The number of carbonyl (C=O) groups is 3. The molecule has 3 aliphatic rings. The molecule has 1 spiro atoms. The molecule has 0 aliphatic carbocycles. The Morgan fingerprint density at radius 1 is 1.37 bits per heavy atom. The van der Waals surface area contributed by atoms with Gasteiger partial charge in [-0.2, -0.15) is 0 Å². The largest absolute Gasteiger partial charge is 0.481 e. The van der Waals surface area contributed by atoms with E-state index in [0.29, 0.717) is 30.0 Å². The van der Waals surface area contributed by atoms with E-state index in [4.69, 9.17) is 16.3 Å². The lowest BCUT2D eigenvalue weighted by molar-refractivity contribution is -0.156. The molecule has 1 aromatic rings. The molecule has 2 N–H and O–H groups in total. The monoisotopic (exact) mass is 504 g/mol. The van der Waals surface area contributed by atoms with Gasteiger partial charge in [0.2, 0.25) is 5.91 Å². The molecule has 2 amide bonds. The van der Waals surface area contributed by atoms with E-state index in [1.807, 2.05) is 13.8 Å². The van der Waals surface area contributed by atoms with Crippen LogP contribution in [0.25, 0.3) is 0 Å². The predicted molar refractivity (Wildman–Crippen MR) is 131 cm³/mol. The molecule has 8 nitrogen and oxygen atoms in total. The minimum atomic E-state index is -1.30. The fourth-order valence-corrected chi connectivity index (χ4v) is 6.68. The lowest BCUT2D eigenvalue weighted by atomic mass is 9.66. The fraction of sp³-hybridized carbons (Fsp3) is 0.577. The summed E-state index contributed by atoms with van der Waals surface area (Å²) in [4.78, 5) is 43.7. The van der Waals surface area contributed by atoms with E-state index in [1.54, 1.807) is 37.3 Å². The van der Waals surface area contributed by atoms with Crippen LogP contribution >= 0.6 is 11.6 Å². The third-order valence-corrected chi connectivity index (χ3v) is 8.60. The van der Waals surface area contributed by atoms with Crippen molar-refractivity contribution >= 4 is 35.1 Å². The second-order valence-electron chi connectivity index (χ2n) is 10.1. The van der Waals surface area contributed by atoms with E-state index in [-0.39, 0.29) is 19.1 Å². The van der Waals surface area contributed by atoms with Crippen LogP contribution in [0.3, 0.4) is 0 Å². The molecule has 35 heavy (non-hydrogen) atoms. The van der Waals surface area contributed by atoms with Crippen LogP contribution in [0.5, 0.6) is 0 Å². The minimum absolute atomic E-state index is 0.126. The van der Waals surface area contributed by atoms with Crippen LogP contribution in [0.1, 0.15) is 40.0 Å². The molecule has 2 unspecified atom stereocenters. The maximum atomic E-state index is 14.4. The molecule has 3 fully saturated rings. The summed E-state index contributed by atoms with van der Waals surface area (Å²) in [6.45, 7) is 9.13. The summed E-state index contributed by atoms with van der Waals surface area (Å²) in [6.07, 6.45) is 3.03. The Morgan fingerprint density at radius 3 is 2.63 bits per heavy atom. The van der Waals surface area contributed by atoms with Crippen LogP contribution < -0.4 is 4.90 Å². The second-order valence-corrected chi connectivity index (χ2v) is 10.5. The summed E-state index contributed by atoms with van der Waals surface area (Å²) in [6, 6.07) is 5.14. The number of aliphatic carboxylic acids is 1. The highest BCUT2D eigenvalue weighted by Gasteiger charge is 2.79. The van der Waals surface area contributed by atoms with Crippen molar-refractivity contribution in [1.82, 2.24) is 4.90 Å². The van der Waals surface area contributed by atoms with Crippen molar-refractivity contribution in [1.29, 1.82) is 0 Å².